The van der Waals surface area contributed by atoms with Crippen LogP contribution in [0.3, 0.4) is 0 Å². The van der Waals surface area contributed by atoms with E-state index in [1.54, 1.807) is 36.4 Å². The first-order valence-corrected chi connectivity index (χ1v) is 8.47. The van der Waals surface area contributed by atoms with Crippen molar-refractivity contribution in [1.82, 2.24) is 0 Å². The molecule has 0 saturated carbocycles. The van der Waals surface area contributed by atoms with E-state index in [0.717, 1.165) is 16.7 Å². The summed E-state index contributed by atoms with van der Waals surface area (Å²) < 4.78 is 39.8. The number of hydrogen-bond acceptors (Lipinski definition) is 0. The first-order chi connectivity index (χ1) is 12.6. The Balaban J connectivity index is 1.69. The van der Waals surface area contributed by atoms with E-state index in [9.17, 15) is 13.2 Å². The lowest BCUT2D eigenvalue weighted by Gasteiger charge is -2.16. The maximum atomic E-state index is 13.4. The minimum atomic E-state index is -2.41. The number of benzene rings is 3. The first kappa shape index (κ1) is 18.0. The minimum absolute atomic E-state index is 0.265. The molecule has 132 valence electrons. The minimum Gasteiger partial charge on any atom is -0.210 e. The summed E-state index contributed by atoms with van der Waals surface area (Å²) in [5.74, 6) is -1.07. The van der Waals surface area contributed by atoms with Gasteiger partial charge < -0.3 is 0 Å². The van der Waals surface area contributed by atoms with Gasteiger partial charge >= 0.3 is 0 Å². The molecule has 0 aliphatic rings. The second-order valence-electron chi connectivity index (χ2n) is 6.18. The van der Waals surface area contributed by atoms with Crippen LogP contribution in [0, 0.1) is 5.82 Å². The normalized spacial score (nSPS) is 12.6. The summed E-state index contributed by atoms with van der Waals surface area (Å²) in [6.45, 7) is 0. The molecular weight excluding hydrogens is 333 g/mol. The third-order valence-electron chi connectivity index (χ3n) is 4.31. The van der Waals surface area contributed by atoms with Crippen LogP contribution in [-0.4, -0.2) is 6.43 Å². The summed E-state index contributed by atoms with van der Waals surface area (Å²) in [5.41, 5.74) is 3.39. The van der Waals surface area contributed by atoms with Crippen molar-refractivity contribution in [3.8, 4) is 0 Å². The van der Waals surface area contributed by atoms with Crippen LogP contribution in [0.1, 0.15) is 28.2 Å². The van der Waals surface area contributed by atoms with Crippen LogP contribution in [0.25, 0.3) is 12.2 Å². The molecule has 26 heavy (non-hydrogen) atoms. The molecule has 0 unspecified atom stereocenters. The van der Waals surface area contributed by atoms with E-state index in [4.69, 9.17) is 0 Å². The summed E-state index contributed by atoms with van der Waals surface area (Å²) in [7, 11) is 0. The van der Waals surface area contributed by atoms with E-state index in [1.165, 1.54) is 12.1 Å². The molecule has 0 aliphatic carbocycles. The molecule has 3 rings (SSSR count). The summed E-state index contributed by atoms with van der Waals surface area (Å²) >= 11 is 0. The average molecular weight is 352 g/mol. The fourth-order valence-electron chi connectivity index (χ4n) is 2.84. The fraction of sp³-hybridized carbons (Fsp3) is 0.130. The zero-order chi connectivity index (χ0) is 18.4. The average Bonchev–Trinajstić information content (AvgIpc) is 2.67. The molecule has 0 aromatic heterocycles. The highest BCUT2D eigenvalue weighted by atomic mass is 19.3. The van der Waals surface area contributed by atoms with Gasteiger partial charge in [0.1, 0.15) is 5.82 Å². The molecular formula is C23H19F3. The van der Waals surface area contributed by atoms with E-state index in [-0.39, 0.29) is 5.82 Å². The zero-order valence-electron chi connectivity index (χ0n) is 14.2. The second-order valence-corrected chi connectivity index (χ2v) is 6.18. The Morgan fingerprint density at radius 2 is 1.23 bits per heavy atom. The molecule has 0 radical (unpaired) electrons. The van der Waals surface area contributed by atoms with Crippen LogP contribution in [0.15, 0.2) is 78.9 Å². The maximum absolute atomic E-state index is 13.4. The second kappa shape index (κ2) is 8.52. The van der Waals surface area contributed by atoms with E-state index in [1.807, 2.05) is 42.5 Å². The van der Waals surface area contributed by atoms with Gasteiger partial charge in [0.25, 0.3) is 0 Å². The monoisotopic (exact) mass is 352 g/mol. The van der Waals surface area contributed by atoms with Crippen molar-refractivity contribution in [3.05, 3.63) is 107 Å². The molecule has 0 amide bonds. The first-order valence-electron chi connectivity index (χ1n) is 8.47. The van der Waals surface area contributed by atoms with Crippen molar-refractivity contribution >= 4 is 12.2 Å². The van der Waals surface area contributed by atoms with Crippen LogP contribution in [0.4, 0.5) is 13.2 Å². The van der Waals surface area contributed by atoms with Gasteiger partial charge in [0.05, 0.1) is 0 Å². The molecule has 1 atom stereocenters. The van der Waals surface area contributed by atoms with Crippen molar-refractivity contribution in [2.24, 2.45) is 0 Å². The third-order valence-corrected chi connectivity index (χ3v) is 4.31. The van der Waals surface area contributed by atoms with E-state index in [0.29, 0.717) is 12.0 Å². The molecule has 0 nitrogen and oxygen atoms in total. The Hall–Kier alpha value is -2.81. The molecule has 0 aliphatic heterocycles. The number of hydrogen-bond donors (Lipinski definition) is 0. The van der Waals surface area contributed by atoms with Gasteiger partial charge in [-0.3, -0.25) is 0 Å². The molecule has 0 bridgehead atoms. The van der Waals surface area contributed by atoms with Crippen molar-refractivity contribution in [2.45, 2.75) is 18.8 Å². The Morgan fingerprint density at radius 1 is 0.692 bits per heavy atom. The van der Waals surface area contributed by atoms with Gasteiger partial charge in [-0.15, -0.1) is 0 Å². The van der Waals surface area contributed by atoms with Crippen molar-refractivity contribution in [1.29, 1.82) is 0 Å². The van der Waals surface area contributed by atoms with Crippen molar-refractivity contribution < 1.29 is 13.2 Å². The van der Waals surface area contributed by atoms with Crippen LogP contribution in [0.5, 0.6) is 0 Å². The van der Waals surface area contributed by atoms with Gasteiger partial charge in [-0.2, -0.15) is 0 Å². The van der Waals surface area contributed by atoms with Crippen LogP contribution in [0.2, 0.25) is 0 Å². The molecule has 0 N–H and O–H groups in total. The predicted molar refractivity (Wildman–Crippen MR) is 101 cm³/mol. The van der Waals surface area contributed by atoms with Gasteiger partial charge in [0.15, 0.2) is 0 Å². The topological polar surface area (TPSA) is 0 Å². The Morgan fingerprint density at radius 3 is 1.77 bits per heavy atom. The lowest BCUT2D eigenvalue weighted by Crippen LogP contribution is -2.12. The molecule has 0 saturated heterocycles. The predicted octanol–water partition coefficient (Wildman–Crippen LogP) is 6.59. The van der Waals surface area contributed by atoms with E-state index < -0.39 is 12.3 Å². The molecule has 0 heterocycles. The maximum Gasteiger partial charge on any atom is 0.245 e. The Kier molecular flexibility index (Phi) is 5.90. The highest BCUT2D eigenvalue weighted by Crippen LogP contribution is 2.27. The number of rotatable bonds is 6. The summed E-state index contributed by atoms with van der Waals surface area (Å²) in [5, 5.41) is 0. The van der Waals surface area contributed by atoms with Crippen LogP contribution < -0.4 is 0 Å². The molecule has 0 fully saturated rings. The summed E-state index contributed by atoms with van der Waals surface area (Å²) in [4.78, 5) is 0. The summed E-state index contributed by atoms with van der Waals surface area (Å²) in [6.07, 6.45) is 1.69. The fourth-order valence-corrected chi connectivity index (χ4v) is 2.84. The van der Waals surface area contributed by atoms with Gasteiger partial charge in [-0.05, 0) is 40.8 Å². The smallest absolute Gasteiger partial charge is 0.210 e. The molecule has 0 spiro atoms. The molecule has 3 aromatic carbocycles. The van der Waals surface area contributed by atoms with Gasteiger partial charge in [-0.1, -0.05) is 78.9 Å². The summed E-state index contributed by atoms with van der Waals surface area (Å²) in [6, 6.07) is 22.7. The SMILES string of the molecule is Fc1ccc(C=Cc2ccc(C[C@H](c3ccccc3)C(F)F)cc2)cc1. The number of halogens is 3. The van der Waals surface area contributed by atoms with E-state index >= 15 is 0 Å². The van der Waals surface area contributed by atoms with Crippen LogP contribution >= 0.6 is 0 Å². The quantitative estimate of drug-likeness (QED) is 0.439. The highest BCUT2D eigenvalue weighted by Gasteiger charge is 2.22. The van der Waals surface area contributed by atoms with Crippen molar-refractivity contribution in [3.63, 3.8) is 0 Å². The Bertz CT molecular complexity index is 835. The molecule has 3 heteroatoms. The van der Waals surface area contributed by atoms with Gasteiger partial charge in [-0.25, -0.2) is 13.2 Å². The Labute approximate surface area is 151 Å². The highest BCUT2D eigenvalue weighted by molar-refractivity contribution is 5.69. The van der Waals surface area contributed by atoms with Gasteiger partial charge in [0, 0.05) is 5.92 Å². The lowest BCUT2D eigenvalue weighted by atomic mass is 9.92. The third kappa shape index (κ3) is 4.85. The van der Waals surface area contributed by atoms with Gasteiger partial charge in [0.2, 0.25) is 6.43 Å². The standard InChI is InChI=1S/C23H19F3/c24-21-14-12-18(13-15-21)7-6-17-8-10-19(11-9-17)16-22(23(25)26)20-4-2-1-3-5-20/h1-15,22-23H,16H2/t22-/m1/s1. The van der Waals surface area contributed by atoms with Crippen molar-refractivity contribution in [2.75, 3.05) is 0 Å². The molecule has 3 aromatic rings. The lowest BCUT2D eigenvalue weighted by molar-refractivity contribution is 0.114. The van der Waals surface area contributed by atoms with E-state index in [2.05, 4.69) is 0 Å². The van der Waals surface area contributed by atoms with Crippen LogP contribution in [-0.2, 0) is 6.42 Å². The largest absolute Gasteiger partial charge is 0.245 e. The number of alkyl halides is 2. The zero-order valence-corrected chi connectivity index (χ0v) is 14.2.